The maximum absolute atomic E-state index is 7.31. The molecule has 3 rings (SSSR count). The van der Waals surface area contributed by atoms with Crippen molar-refractivity contribution >= 4 is 17.6 Å². The Bertz CT molecular complexity index is 604. The lowest BCUT2D eigenvalue weighted by molar-refractivity contribution is 0.633. The number of aromatic nitrogens is 4. The third-order valence-electron chi connectivity index (χ3n) is 3.35. The predicted octanol–water partition coefficient (Wildman–Crippen LogP) is -0.123. The van der Waals surface area contributed by atoms with Gasteiger partial charge < -0.3 is 15.5 Å². The van der Waals surface area contributed by atoms with E-state index in [4.69, 9.17) is 11.1 Å². The molecular formula is C13H16N8. The highest BCUT2D eigenvalue weighted by Crippen LogP contribution is 2.15. The Morgan fingerprint density at radius 3 is 2.19 bits per heavy atom. The minimum Gasteiger partial charge on any atom is -0.382 e. The van der Waals surface area contributed by atoms with Crippen molar-refractivity contribution in [3.8, 4) is 0 Å². The lowest BCUT2D eigenvalue weighted by Crippen LogP contribution is -2.47. The van der Waals surface area contributed by atoms with Gasteiger partial charge in [0.1, 0.15) is 17.3 Å². The van der Waals surface area contributed by atoms with Gasteiger partial charge in [-0.15, -0.1) is 0 Å². The van der Waals surface area contributed by atoms with Gasteiger partial charge in [0.2, 0.25) is 5.95 Å². The number of hydrogen-bond donors (Lipinski definition) is 2. The van der Waals surface area contributed by atoms with Crippen LogP contribution in [0.25, 0.3) is 0 Å². The van der Waals surface area contributed by atoms with Crippen molar-refractivity contribution < 1.29 is 0 Å². The number of nitrogens with one attached hydrogen (secondary N) is 1. The van der Waals surface area contributed by atoms with Crippen LogP contribution in [0.4, 0.5) is 11.8 Å². The van der Waals surface area contributed by atoms with Crippen LogP contribution in [0.5, 0.6) is 0 Å². The van der Waals surface area contributed by atoms with E-state index in [2.05, 4.69) is 29.7 Å². The Labute approximate surface area is 122 Å². The lowest BCUT2D eigenvalue weighted by atomic mass is 10.3. The SMILES string of the molecule is N=C(N)c1cnc(N2CCN(c3ncccn3)CC2)cn1. The molecule has 0 amide bonds. The fourth-order valence-corrected chi connectivity index (χ4v) is 2.21. The molecule has 1 aliphatic heterocycles. The van der Waals surface area contributed by atoms with Crippen molar-refractivity contribution in [2.75, 3.05) is 36.0 Å². The second-order valence-electron chi connectivity index (χ2n) is 4.70. The van der Waals surface area contributed by atoms with Gasteiger partial charge in [-0.1, -0.05) is 0 Å². The molecule has 0 unspecified atom stereocenters. The molecule has 8 heteroatoms. The van der Waals surface area contributed by atoms with Crippen LogP contribution in [-0.2, 0) is 0 Å². The summed E-state index contributed by atoms with van der Waals surface area (Å²) in [5.74, 6) is 1.49. The Kier molecular flexibility index (Phi) is 3.59. The Morgan fingerprint density at radius 2 is 1.62 bits per heavy atom. The second-order valence-corrected chi connectivity index (χ2v) is 4.70. The first kappa shape index (κ1) is 13.2. The van der Waals surface area contributed by atoms with Gasteiger partial charge >= 0.3 is 0 Å². The molecule has 3 heterocycles. The quantitative estimate of drug-likeness (QED) is 0.597. The molecule has 0 aliphatic carbocycles. The van der Waals surface area contributed by atoms with E-state index in [1.165, 1.54) is 6.20 Å². The van der Waals surface area contributed by atoms with Crippen LogP contribution in [0.1, 0.15) is 5.69 Å². The Morgan fingerprint density at radius 1 is 0.952 bits per heavy atom. The van der Waals surface area contributed by atoms with Crippen LogP contribution in [-0.4, -0.2) is 52.0 Å². The molecule has 1 fully saturated rings. The largest absolute Gasteiger partial charge is 0.382 e. The van der Waals surface area contributed by atoms with E-state index in [0.29, 0.717) is 5.69 Å². The van der Waals surface area contributed by atoms with Crippen molar-refractivity contribution in [1.82, 2.24) is 19.9 Å². The van der Waals surface area contributed by atoms with Crippen LogP contribution >= 0.6 is 0 Å². The number of hydrogen-bond acceptors (Lipinski definition) is 7. The van der Waals surface area contributed by atoms with Gasteiger partial charge in [-0.2, -0.15) is 0 Å². The first-order valence-electron chi connectivity index (χ1n) is 6.67. The van der Waals surface area contributed by atoms with Crippen molar-refractivity contribution in [3.05, 3.63) is 36.5 Å². The third-order valence-corrected chi connectivity index (χ3v) is 3.35. The van der Waals surface area contributed by atoms with E-state index in [1.807, 2.05) is 6.07 Å². The van der Waals surface area contributed by atoms with Gasteiger partial charge in [-0.25, -0.2) is 19.9 Å². The molecule has 2 aromatic rings. The van der Waals surface area contributed by atoms with Crippen molar-refractivity contribution in [1.29, 1.82) is 5.41 Å². The van der Waals surface area contributed by atoms with E-state index in [-0.39, 0.29) is 5.84 Å². The number of piperazine rings is 1. The summed E-state index contributed by atoms with van der Waals surface area (Å²) in [4.78, 5) is 21.3. The van der Waals surface area contributed by atoms with Gasteiger partial charge in [-0.05, 0) is 6.07 Å². The normalized spacial score (nSPS) is 15.0. The standard InChI is InChI=1S/C13H16N8/c14-12(15)10-8-19-11(9-18-10)20-4-6-21(7-5-20)13-16-2-1-3-17-13/h1-3,8-9H,4-7H2,(H3,14,15). The highest BCUT2D eigenvalue weighted by atomic mass is 15.3. The zero-order chi connectivity index (χ0) is 14.7. The van der Waals surface area contributed by atoms with Crippen LogP contribution in [0.2, 0.25) is 0 Å². The van der Waals surface area contributed by atoms with Gasteiger partial charge in [0, 0.05) is 38.6 Å². The molecule has 0 spiro atoms. The Balaban J connectivity index is 1.64. The zero-order valence-corrected chi connectivity index (χ0v) is 11.5. The molecular weight excluding hydrogens is 268 g/mol. The van der Waals surface area contributed by atoms with Crippen LogP contribution in [0, 0.1) is 5.41 Å². The van der Waals surface area contributed by atoms with E-state index in [0.717, 1.165) is 37.9 Å². The average molecular weight is 284 g/mol. The number of amidine groups is 1. The molecule has 0 atom stereocenters. The van der Waals surface area contributed by atoms with Gasteiger partial charge in [0.25, 0.3) is 0 Å². The highest BCUT2D eigenvalue weighted by molar-refractivity contribution is 5.92. The van der Waals surface area contributed by atoms with E-state index < -0.39 is 0 Å². The summed E-state index contributed by atoms with van der Waals surface area (Å²) < 4.78 is 0. The summed E-state index contributed by atoms with van der Waals surface area (Å²) in [6.07, 6.45) is 6.69. The third kappa shape index (κ3) is 2.88. The minimum absolute atomic E-state index is 0.0694. The maximum atomic E-state index is 7.31. The van der Waals surface area contributed by atoms with E-state index >= 15 is 0 Å². The number of nitrogens with two attached hydrogens (primary N) is 1. The number of nitrogens with zero attached hydrogens (tertiary/aromatic N) is 6. The summed E-state index contributed by atoms with van der Waals surface area (Å²) >= 11 is 0. The molecule has 0 bridgehead atoms. The molecule has 0 saturated carbocycles. The summed E-state index contributed by atoms with van der Waals surface area (Å²) in [6.45, 7) is 3.32. The fraction of sp³-hybridized carbons (Fsp3) is 0.308. The van der Waals surface area contributed by atoms with Crippen LogP contribution in [0.3, 0.4) is 0 Å². The van der Waals surface area contributed by atoms with Crippen molar-refractivity contribution in [2.45, 2.75) is 0 Å². The molecule has 3 N–H and O–H groups in total. The monoisotopic (exact) mass is 284 g/mol. The molecule has 8 nitrogen and oxygen atoms in total. The topological polar surface area (TPSA) is 108 Å². The summed E-state index contributed by atoms with van der Waals surface area (Å²) in [6, 6.07) is 1.81. The number of rotatable bonds is 3. The molecule has 2 aromatic heterocycles. The van der Waals surface area contributed by atoms with Crippen molar-refractivity contribution in [2.24, 2.45) is 5.73 Å². The molecule has 0 aromatic carbocycles. The van der Waals surface area contributed by atoms with E-state index in [9.17, 15) is 0 Å². The average Bonchev–Trinajstić information content (AvgIpc) is 2.56. The lowest BCUT2D eigenvalue weighted by Gasteiger charge is -2.35. The molecule has 21 heavy (non-hydrogen) atoms. The molecule has 1 aliphatic rings. The van der Waals surface area contributed by atoms with Crippen LogP contribution in [0.15, 0.2) is 30.9 Å². The predicted molar refractivity (Wildman–Crippen MR) is 79.5 cm³/mol. The second kappa shape index (κ2) is 5.70. The molecule has 1 saturated heterocycles. The van der Waals surface area contributed by atoms with Gasteiger partial charge in [0.15, 0.2) is 0 Å². The zero-order valence-electron chi connectivity index (χ0n) is 11.5. The number of nitrogen functional groups attached to an aromatic ring is 1. The summed E-state index contributed by atoms with van der Waals surface area (Å²) in [5, 5.41) is 7.31. The van der Waals surface area contributed by atoms with Crippen molar-refractivity contribution in [3.63, 3.8) is 0 Å². The summed E-state index contributed by atoms with van der Waals surface area (Å²) in [5.41, 5.74) is 5.77. The Hall–Kier alpha value is -2.77. The molecule has 0 radical (unpaired) electrons. The maximum Gasteiger partial charge on any atom is 0.225 e. The first-order valence-corrected chi connectivity index (χ1v) is 6.67. The fourth-order valence-electron chi connectivity index (χ4n) is 2.21. The summed E-state index contributed by atoms with van der Waals surface area (Å²) in [7, 11) is 0. The van der Waals surface area contributed by atoms with Crippen LogP contribution < -0.4 is 15.5 Å². The molecule has 108 valence electrons. The smallest absolute Gasteiger partial charge is 0.225 e. The van der Waals surface area contributed by atoms with E-state index in [1.54, 1.807) is 18.6 Å². The minimum atomic E-state index is -0.0694. The number of anilines is 2. The van der Waals surface area contributed by atoms with Gasteiger partial charge in [0.05, 0.1) is 12.4 Å². The highest BCUT2D eigenvalue weighted by Gasteiger charge is 2.19. The first-order chi connectivity index (χ1) is 10.2. The van der Waals surface area contributed by atoms with Gasteiger partial charge in [-0.3, -0.25) is 5.41 Å².